The van der Waals surface area contributed by atoms with Crippen LogP contribution in [0.5, 0.6) is 17.2 Å². The minimum atomic E-state index is -0.323. The van der Waals surface area contributed by atoms with Gasteiger partial charge in [-0.15, -0.1) is 0 Å². The molecule has 5 rings (SSSR count). The Balaban J connectivity index is 1.38. The summed E-state index contributed by atoms with van der Waals surface area (Å²) in [4.78, 5) is 16.9. The fourth-order valence-electron chi connectivity index (χ4n) is 3.17. The molecule has 0 spiro atoms. The molecule has 1 aromatic heterocycles. The number of phenolic OH excluding ortho intramolecular Hbond substituents is 1. The van der Waals surface area contributed by atoms with Gasteiger partial charge in [-0.05, 0) is 42.5 Å². The van der Waals surface area contributed by atoms with Crippen LogP contribution in [0.15, 0.2) is 65.1 Å². The van der Waals surface area contributed by atoms with Crippen molar-refractivity contribution in [2.24, 2.45) is 0 Å². The fourth-order valence-corrected chi connectivity index (χ4v) is 3.17. The number of amides is 1. The first-order valence-corrected chi connectivity index (χ1v) is 9.07. The second kappa shape index (κ2) is 6.87. The van der Waals surface area contributed by atoms with Crippen LogP contribution in [-0.4, -0.2) is 29.2 Å². The number of oxazole rings is 1. The normalized spacial score (nSPS) is 12.7. The molecule has 7 nitrogen and oxygen atoms in total. The van der Waals surface area contributed by atoms with Crippen LogP contribution in [0.3, 0.4) is 0 Å². The molecular weight excluding hydrogens is 372 g/mol. The van der Waals surface area contributed by atoms with Crippen LogP contribution in [-0.2, 0) is 0 Å². The van der Waals surface area contributed by atoms with Gasteiger partial charge in [-0.3, -0.25) is 4.79 Å². The number of anilines is 1. The van der Waals surface area contributed by atoms with Gasteiger partial charge in [0.05, 0.1) is 5.56 Å². The van der Waals surface area contributed by atoms with E-state index in [0.29, 0.717) is 58.5 Å². The Morgan fingerprint density at radius 2 is 1.79 bits per heavy atom. The van der Waals surface area contributed by atoms with Crippen LogP contribution in [0.1, 0.15) is 10.4 Å². The van der Waals surface area contributed by atoms with Crippen molar-refractivity contribution in [3.05, 3.63) is 66.2 Å². The number of phenols is 1. The summed E-state index contributed by atoms with van der Waals surface area (Å²) in [6.45, 7) is 0.938. The number of aromatic nitrogens is 1. The lowest BCUT2D eigenvalue weighted by atomic mass is 10.1. The van der Waals surface area contributed by atoms with Crippen LogP contribution < -0.4 is 14.8 Å². The monoisotopic (exact) mass is 388 g/mol. The zero-order valence-electron chi connectivity index (χ0n) is 15.2. The highest BCUT2D eigenvalue weighted by atomic mass is 16.6. The number of para-hydroxylation sites is 2. The number of fused-ring (bicyclic) bond motifs is 2. The first kappa shape index (κ1) is 17.1. The molecule has 0 bridgehead atoms. The molecule has 7 heteroatoms. The molecule has 0 saturated carbocycles. The van der Waals surface area contributed by atoms with E-state index in [4.69, 9.17) is 13.9 Å². The number of rotatable bonds is 3. The third-order valence-corrected chi connectivity index (χ3v) is 4.58. The topological polar surface area (TPSA) is 93.8 Å². The zero-order chi connectivity index (χ0) is 19.8. The Morgan fingerprint density at radius 3 is 2.62 bits per heavy atom. The largest absolute Gasteiger partial charge is 0.507 e. The van der Waals surface area contributed by atoms with Gasteiger partial charge in [0.2, 0.25) is 5.89 Å². The highest BCUT2D eigenvalue weighted by Gasteiger charge is 2.17. The Hall–Kier alpha value is -4.00. The maximum atomic E-state index is 12.6. The van der Waals surface area contributed by atoms with E-state index in [9.17, 15) is 9.90 Å². The number of nitrogens with zero attached hydrogens (tertiary/aromatic N) is 1. The van der Waals surface area contributed by atoms with E-state index in [1.165, 1.54) is 6.07 Å². The molecular formula is C22H16N2O5. The molecule has 1 amide bonds. The van der Waals surface area contributed by atoms with Crippen LogP contribution in [0, 0.1) is 0 Å². The quantitative estimate of drug-likeness (QED) is 0.546. The van der Waals surface area contributed by atoms with Gasteiger partial charge >= 0.3 is 0 Å². The van der Waals surface area contributed by atoms with Gasteiger partial charge in [0, 0.05) is 17.3 Å². The fraction of sp³-hybridized carbons (Fsp3) is 0.0909. The minimum Gasteiger partial charge on any atom is -0.507 e. The molecule has 3 aromatic carbocycles. The van der Waals surface area contributed by atoms with E-state index in [2.05, 4.69) is 10.3 Å². The summed E-state index contributed by atoms with van der Waals surface area (Å²) in [5.74, 6) is 1.10. The zero-order valence-corrected chi connectivity index (χ0v) is 15.2. The van der Waals surface area contributed by atoms with Crippen molar-refractivity contribution in [1.82, 2.24) is 4.98 Å². The molecule has 1 aliphatic heterocycles. The first-order chi connectivity index (χ1) is 14.2. The van der Waals surface area contributed by atoms with Gasteiger partial charge in [0.1, 0.15) is 24.5 Å². The number of carbonyl (C=O) groups is 1. The number of aromatic hydroxyl groups is 1. The Morgan fingerprint density at radius 1 is 0.966 bits per heavy atom. The molecule has 4 aromatic rings. The van der Waals surface area contributed by atoms with Crippen molar-refractivity contribution in [1.29, 1.82) is 0 Å². The first-order valence-electron chi connectivity index (χ1n) is 9.07. The molecule has 0 aliphatic carbocycles. The number of hydrogen-bond acceptors (Lipinski definition) is 6. The molecule has 1 aliphatic rings. The Bertz CT molecular complexity index is 1200. The van der Waals surface area contributed by atoms with Gasteiger partial charge in [0.25, 0.3) is 5.91 Å². The molecule has 0 atom stereocenters. The van der Waals surface area contributed by atoms with Crippen molar-refractivity contribution in [2.75, 3.05) is 18.5 Å². The Labute approximate surface area is 165 Å². The van der Waals surface area contributed by atoms with Crippen molar-refractivity contribution in [3.8, 4) is 28.7 Å². The van der Waals surface area contributed by atoms with Crippen LogP contribution in [0.4, 0.5) is 5.69 Å². The number of hydrogen-bond donors (Lipinski definition) is 2. The maximum absolute atomic E-state index is 12.6. The summed E-state index contributed by atoms with van der Waals surface area (Å²) < 4.78 is 16.7. The minimum absolute atomic E-state index is 0.0449. The van der Waals surface area contributed by atoms with E-state index in [0.717, 1.165) is 0 Å². The third-order valence-electron chi connectivity index (χ3n) is 4.58. The molecule has 0 saturated heterocycles. The molecule has 29 heavy (non-hydrogen) atoms. The van der Waals surface area contributed by atoms with Crippen LogP contribution in [0.25, 0.3) is 22.6 Å². The molecule has 0 fully saturated rings. The summed E-state index contributed by atoms with van der Waals surface area (Å²) in [7, 11) is 0. The molecule has 2 N–H and O–H groups in total. The van der Waals surface area contributed by atoms with Gasteiger partial charge in [-0.2, -0.15) is 0 Å². The average molecular weight is 388 g/mol. The molecule has 2 heterocycles. The summed E-state index contributed by atoms with van der Waals surface area (Å²) in [6, 6.07) is 17.2. The average Bonchev–Trinajstić information content (AvgIpc) is 3.17. The van der Waals surface area contributed by atoms with E-state index in [1.807, 2.05) is 24.3 Å². The second-order valence-electron chi connectivity index (χ2n) is 6.53. The lowest BCUT2D eigenvalue weighted by molar-refractivity contribution is 0.102. The van der Waals surface area contributed by atoms with Gasteiger partial charge in [-0.1, -0.05) is 12.1 Å². The van der Waals surface area contributed by atoms with Gasteiger partial charge in [-0.25, -0.2) is 4.98 Å². The number of nitrogens with one attached hydrogen (secondary N) is 1. The predicted molar refractivity (Wildman–Crippen MR) is 106 cm³/mol. The maximum Gasteiger partial charge on any atom is 0.255 e. The summed E-state index contributed by atoms with van der Waals surface area (Å²) in [6.07, 6.45) is 0. The highest BCUT2D eigenvalue weighted by molar-refractivity contribution is 6.05. The number of benzene rings is 3. The van der Waals surface area contributed by atoms with Gasteiger partial charge in [0.15, 0.2) is 17.1 Å². The van der Waals surface area contributed by atoms with Crippen molar-refractivity contribution >= 4 is 22.7 Å². The number of carbonyl (C=O) groups excluding carboxylic acids is 1. The predicted octanol–water partition coefficient (Wildman–Crippen LogP) is 4.22. The molecule has 0 unspecified atom stereocenters. The highest BCUT2D eigenvalue weighted by Crippen LogP contribution is 2.34. The lowest BCUT2D eigenvalue weighted by Gasteiger charge is -2.18. The van der Waals surface area contributed by atoms with Crippen LogP contribution >= 0.6 is 0 Å². The molecule has 144 valence electrons. The van der Waals surface area contributed by atoms with E-state index < -0.39 is 0 Å². The smallest absolute Gasteiger partial charge is 0.255 e. The van der Waals surface area contributed by atoms with Crippen molar-refractivity contribution in [2.45, 2.75) is 0 Å². The van der Waals surface area contributed by atoms with Gasteiger partial charge < -0.3 is 24.3 Å². The van der Waals surface area contributed by atoms with E-state index in [-0.39, 0.29) is 11.7 Å². The second-order valence-corrected chi connectivity index (χ2v) is 6.53. The SMILES string of the molecule is O=C(Nc1ccc(-c2nc3ccccc3o2)c(O)c1)c1ccc2c(c1)OCCO2. The summed E-state index contributed by atoms with van der Waals surface area (Å²) in [5.41, 5.74) is 2.66. The van der Waals surface area contributed by atoms with Crippen molar-refractivity contribution in [3.63, 3.8) is 0 Å². The van der Waals surface area contributed by atoms with Crippen LogP contribution in [0.2, 0.25) is 0 Å². The van der Waals surface area contributed by atoms with Crippen molar-refractivity contribution < 1.29 is 23.8 Å². The lowest BCUT2D eigenvalue weighted by Crippen LogP contribution is -2.17. The third kappa shape index (κ3) is 3.23. The number of ether oxygens (including phenoxy) is 2. The summed E-state index contributed by atoms with van der Waals surface area (Å²) in [5, 5.41) is 13.2. The molecule has 0 radical (unpaired) electrons. The Kier molecular flexibility index (Phi) is 4.05. The van der Waals surface area contributed by atoms with E-state index in [1.54, 1.807) is 30.3 Å². The van der Waals surface area contributed by atoms with E-state index >= 15 is 0 Å². The summed E-state index contributed by atoms with van der Waals surface area (Å²) >= 11 is 0. The standard InChI is InChI=1S/C22H16N2O5/c25-17-12-14(6-7-15(17)22-24-16-3-1-2-4-18(16)29-22)23-21(26)13-5-8-19-20(11-13)28-10-9-27-19/h1-8,11-12,25H,9-10H2,(H,23,26).